The maximum atomic E-state index is 12.3. The fourth-order valence-corrected chi connectivity index (χ4v) is 3.32. The quantitative estimate of drug-likeness (QED) is 0.459. The Labute approximate surface area is 179 Å². The molecule has 2 N–H and O–H groups in total. The predicted molar refractivity (Wildman–Crippen MR) is 119 cm³/mol. The molecule has 2 aromatic carbocycles. The Morgan fingerprint density at radius 2 is 1.74 bits per heavy atom. The number of methoxy groups -OCH3 is 1. The van der Waals surface area contributed by atoms with Gasteiger partial charge in [0.15, 0.2) is 0 Å². The number of carbonyl (C=O) groups is 2. The molecule has 0 aliphatic rings. The molecule has 0 fully saturated rings. The number of fused-ring (bicyclic) bond motifs is 1. The number of ether oxygens (including phenoxy) is 1. The van der Waals surface area contributed by atoms with Crippen LogP contribution < -0.4 is 15.4 Å². The predicted octanol–water partition coefficient (Wildman–Crippen LogP) is 3.51. The molecule has 158 valence electrons. The van der Waals surface area contributed by atoms with E-state index in [4.69, 9.17) is 4.74 Å². The summed E-state index contributed by atoms with van der Waals surface area (Å²) in [4.78, 5) is 24.5. The number of para-hydroxylation sites is 1. The highest BCUT2D eigenvalue weighted by Gasteiger charge is 2.09. The lowest BCUT2D eigenvalue weighted by Crippen LogP contribution is -2.19. The molecule has 2 heterocycles. The highest BCUT2D eigenvalue weighted by atomic mass is 16.5. The van der Waals surface area contributed by atoms with Crippen molar-refractivity contribution in [2.45, 2.75) is 19.5 Å². The Kier molecular flexibility index (Phi) is 5.98. The van der Waals surface area contributed by atoms with Crippen molar-refractivity contribution < 1.29 is 14.3 Å². The maximum absolute atomic E-state index is 12.3. The normalized spacial score (nSPS) is 10.7. The standard InChI is InChI=1S/C23H23N5O3/c1-31-20-8-6-18(7-9-20)25-23(30)16-28-15-19(14-24-28)26-22(29)11-13-27-12-10-17-4-2-3-5-21(17)27/h2-10,12,14-15H,11,13,16H2,1H3,(H,25,30)(H,26,29). The Morgan fingerprint density at radius 1 is 0.968 bits per heavy atom. The van der Waals surface area contributed by atoms with E-state index >= 15 is 0 Å². The van der Waals surface area contributed by atoms with Gasteiger partial charge >= 0.3 is 0 Å². The van der Waals surface area contributed by atoms with Gasteiger partial charge < -0.3 is 19.9 Å². The topological polar surface area (TPSA) is 90.2 Å². The molecule has 0 bridgehead atoms. The van der Waals surface area contributed by atoms with Gasteiger partial charge in [-0.25, -0.2) is 0 Å². The van der Waals surface area contributed by atoms with Crippen molar-refractivity contribution in [3.63, 3.8) is 0 Å². The summed E-state index contributed by atoms with van der Waals surface area (Å²) in [7, 11) is 1.59. The van der Waals surface area contributed by atoms with E-state index in [1.54, 1.807) is 37.6 Å². The molecule has 2 amide bonds. The van der Waals surface area contributed by atoms with E-state index in [1.807, 2.05) is 36.5 Å². The second-order valence-electron chi connectivity index (χ2n) is 7.07. The minimum absolute atomic E-state index is 0.0389. The van der Waals surface area contributed by atoms with Gasteiger partial charge in [0.1, 0.15) is 12.3 Å². The van der Waals surface area contributed by atoms with Crippen LogP contribution in [0.5, 0.6) is 5.75 Å². The number of rotatable bonds is 8. The molecule has 0 spiro atoms. The lowest BCUT2D eigenvalue weighted by molar-refractivity contribution is -0.117. The van der Waals surface area contributed by atoms with Gasteiger partial charge in [0, 0.05) is 36.6 Å². The van der Waals surface area contributed by atoms with Crippen molar-refractivity contribution in [1.82, 2.24) is 14.3 Å². The number of nitrogens with zero attached hydrogens (tertiary/aromatic N) is 3. The highest BCUT2D eigenvalue weighted by Crippen LogP contribution is 2.16. The number of anilines is 2. The van der Waals surface area contributed by atoms with E-state index in [0.717, 1.165) is 16.7 Å². The number of hydrogen-bond donors (Lipinski definition) is 2. The number of amides is 2. The number of aryl methyl sites for hydroxylation is 1. The first kappa shape index (κ1) is 20.2. The molecule has 0 radical (unpaired) electrons. The van der Waals surface area contributed by atoms with Gasteiger partial charge in [-0.2, -0.15) is 5.10 Å². The van der Waals surface area contributed by atoms with E-state index in [-0.39, 0.29) is 18.4 Å². The Hall–Kier alpha value is -4.07. The van der Waals surface area contributed by atoms with Crippen LogP contribution in [0.1, 0.15) is 6.42 Å². The number of nitrogens with one attached hydrogen (secondary N) is 2. The smallest absolute Gasteiger partial charge is 0.246 e. The third-order valence-electron chi connectivity index (χ3n) is 4.86. The van der Waals surface area contributed by atoms with Gasteiger partial charge in [0.2, 0.25) is 11.8 Å². The molecule has 4 aromatic rings. The zero-order chi connectivity index (χ0) is 21.6. The lowest BCUT2D eigenvalue weighted by Gasteiger charge is -2.07. The first-order chi connectivity index (χ1) is 15.1. The van der Waals surface area contributed by atoms with Crippen LogP contribution in [0.15, 0.2) is 73.2 Å². The SMILES string of the molecule is COc1ccc(NC(=O)Cn2cc(NC(=O)CCn3ccc4ccccc43)cn2)cc1. The highest BCUT2D eigenvalue weighted by molar-refractivity contribution is 5.91. The summed E-state index contributed by atoms with van der Waals surface area (Å²) in [6.45, 7) is 0.620. The minimum Gasteiger partial charge on any atom is -0.497 e. The minimum atomic E-state index is -0.217. The lowest BCUT2D eigenvalue weighted by atomic mass is 10.2. The number of carbonyl (C=O) groups excluding carboxylic acids is 2. The van der Waals surface area contributed by atoms with Gasteiger partial charge in [0.25, 0.3) is 0 Å². The average Bonchev–Trinajstić information content (AvgIpc) is 3.39. The van der Waals surface area contributed by atoms with Crippen molar-refractivity contribution in [3.8, 4) is 5.75 Å². The largest absolute Gasteiger partial charge is 0.497 e. The molecule has 0 aliphatic carbocycles. The Balaban J connectivity index is 1.27. The molecule has 31 heavy (non-hydrogen) atoms. The number of aromatic nitrogens is 3. The van der Waals surface area contributed by atoms with Gasteiger partial charge in [0.05, 0.1) is 19.0 Å². The van der Waals surface area contributed by atoms with Gasteiger partial charge in [-0.1, -0.05) is 18.2 Å². The second kappa shape index (κ2) is 9.17. The van der Waals surface area contributed by atoms with Crippen LogP contribution in [0, 0.1) is 0 Å². The molecule has 0 aliphatic heterocycles. The van der Waals surface area contributed by atoms with E-state index < -0.39 is 0 Å². The monoisotopic (exact) mass is 417 g/mol. The molecule has 0 unspecified atom stereocenters. The summed E-state index contributed by atoms with van der Waals surface area (Å²) in [5.41, 5.74) is 2.33. The first-order valence-corrected chi connectivity index (χ1v) is 9.91. The van der Waals surface area contributed by atoms with Crippen LogP contribution in [0.25, 0.3) is 10.9 Å². The molecular weight excluding hydrogens is 394 g/mol. The summed E-state index contributed by atoms with van der Waals surface area (Å²) >= 11 is 0. The number of hydrogen-bond acceptors (Lipinski definition) is 4. The summed E-state index contributed by atoms with van der Waals surface area (Å²) in [6.07, 6.45) is 5.49. The molecule has 2 aromatic heterocycles. The van der Waals surface area contributed by atoms with Crippen molar-refractivity contribution in [3.05, 3.63) is 73.2 Å². The first-order valence-electron chi connectivity index (χ1n) is 9.91. The molecule has 8 nitrogen and oxygen atoms in total. The molecule has 8 heteroatoms. The summed E-state index contributed by atoms with van der Waals surface area (Å²) in [5.74, 6) is 0.390. The molecule has 0 saturated heterocycles. The van der Waals surface area contributed by atoms with Gasteiger partial charge in [-0.15, -0.1) is 0 Å². The van der Waals surface area contributed by atoms with Crippen LogP contribution in [0.2, 0.25) is 0 Å². The van der Waals surface area contributed by atoms with E-state index in [2.05, 4.69) is 20.3 Å². The molecule has 0 saturated carbocycles. The average molecular weight is 417 g/mol. The Morgan fingerprint density at radius 3 is 2.55 bits per heavy atom. The maximum Gasteiger partial charge on any atom is 0.246 e. The van der Waals surface area contributed by atoms with Crippen molar-refractivity contribution in [2.75, 3.05) is 17.7 Å². The Bertz CT molecular complexity index is 1190. The fourth-order valence-electron chi connectivity index (χ4n) is 3.32. The van der Waals surface area contributed by atoms with Crippen LogP contribution >= 0.6 is 0 Å². The van der Waals surface area contributed by atoms with E-state index in [1.165, 1.54) is 10.9 Å². The number of benzene rings is 2. The van der Waals surface area contributed by atoms with Crippen molar-refractivity contribution >= 4 is 34.1 Å². The van der Waals surface area contributed by atoms with Gasteiger partial charge in [-0.05, 0) is 41.8 Å². The van der Waals surface area contributed by atoms with Crippen LogP contribution in [-0.4, -0.2) is 33.3 Å². The molecule has 4 rings (SSSR count). The second-order valence-corrected chi connectivity index (χ2v) is 7.07. The van der Waals surface area contributed by atoms with Crippen molar-refractivity contribution in [2.24, 2.45) is 0 Å². The molecule has 0 atom stereocenters. The summed E-state index contributed by atoms with van der Waals surface area (Å²) < 4.78 is 8.64. The van der Waals surface area contributed by atoms with Crippen LogP contribution in [0.4, 0.5) is 11.4 Å². The van der Waals surface area contributed by atoms with E-state index in [9.17, 15) is 9.59 Å². The molecular formula is C23H23N5O3. The third-order valence-corrected chi connectivity index (χ3v) is 4.86. The van der Waals surface area contributed by atoms with Gasteiger partial charge in [-0.3, -0.25) is 14.3 Å². The zero-order valence-electron chi connectivity index (χ0n) is 17.1. The van der Waals surface area contributed by atoms with Crippen molar-refractivity contribution in [1.29, 1.82) is 0 Å². The fraction of sp³-hybridized carbons (Fsp3) is 0.174. The zero-order valence-corrected chi connectivity index (χ0v) is 17.1. The van der Waals surface area contributed by atoms with Crippen LogP contribution in [0.3, 0.4) is 0 Å². The van der Waals surface area contributed by atoms with Crippen LogP contribution in [-0.2, 0) is 22.7 Å². The summed E-state index contributed by atoms with van der Waals surface area (Å²) in [5, 5.41) is 10.9. The summed E-state index contributed by atoms with van der Waals surface area (Å²) in [6, 6.07) is 17.2. The third kappa shape index (κ3) is 5.11. The van der Waals surface area contributed by atoms with E-state index in [0.29, 0.717) is 24.3 Å².